The number of aromatic nitrogens is 2. The molecule has 33 heavy (non-hydrogen) atoms. The van der Waals surface area contributed by atoms with Crippen LogP contribution in [-0.2, 0) is 9.47 Å². The van der Waals surface area contributed by atoms with Crippen molar-refractivity contribution in [1.29, 1.82) is 0 Å². The van der Waals surface area contributed by atoms with E-state index in [0.717, 1.165) is 58.0 Å². The maximum absolute atomic E-state index is 13.5. The number of carbonyl (C=O) groups is 1. The highest BCUT2D eigenvalue weighted by Crippen LogP contribution is 2.55. The smallest absolute Gasteiger partial charge is 0.255 e. The first-order valence-electron chi connectivity index (χ1n) is 12.8. The van der Waals surface area contributed by atoms with Crippen molar-refractivity contribution in [2.24, 2.45) is 17.8 Å². The molecule has 2 aliphatic heterocycles. The molecule has 0 radical (unpaired) electrons. The molecule has 6 aliphatic rings. The molecule has 8 heteroatoms. The second kappa shape index (κ2) is 8.17. The summed E-state index contributed by atoms with van der Waals surface area (Å²) >= 11 is 0. The van der Waals surface area contributed by atoms with E-state index in [-0.39, 0.29) is 30.3 Å². The molecule has 180 valence electrons. The van der Waals surface area contributed by atoms with E-state index in [4.69, 9.17) is 14.5 Å². The topological polar surface area (TPSA) is 96.8 Å². The zero-order valence-electron chi connectivity index (χ0n) is 19.7. The fourth-order valence-electron chi connectivity index (χ4n) is 7.54. The molecule has 1 amide bonds. The average molecular weight is 457 g/mol. The van der Waals surface area contributed by atoms with Gasteiger partial charge in [0, 0.05) is 31.9 Å². The van der Waals surface area contributed by atoms with E-state index >= 15 is 0 Å². The first-order valence-corrected chi connectivity index (χ1v) is 12.8. The van der Waals surface area contributed by atoms with E-state index in [9.17, 15) is 9.90 Å². The Labute approximate surface area is 195 Å². The predicted octanol–water partition coefficient (Wildman–Crippen LogP) is 2.61. The van der Waals surface area contributed by atoms with Crippen molar-refractivity contribution in [2.45, 2.75) is 88.7 Å². The number of nitrogens with zero attached hydrogens (tertiary/aromatic N) is 3. The van der Waals surface area contributed by atoms with Crippen LogP contribution < -0.4 is 10.2 Å². The van der Waals surface area contributed by atoms with Crippen molar-refractivity contribution in [2.75, 3.05) is 24.6 Å². The van der Waals surface area contributed by atoms with Crippen LogP contribution >= 0.6 is 0 Å². The second-order valence-electron chi connectivity index (χ2n) is 11.3. The summed E-state index contributed by atoms with van der Waals surface area (Å²) in [4.78, 5) is 25.2. The maximum atomic E-state index is 13.5. The number of carbonyl (C=O) groups excluding carboxylic acids is 1. The molecule has 1 aromatic rings. The summed E-state index contributed by atoms with van der Waals surface area (Å²) in [6.45, 7) is 6.29. The van der Waals surface area contributed by atoms with Gasteiger partial charge in [0.05, 0.1) is 29.1 Å². The third kappa shape index (κ3) is 4.04. The summed E-state index contributed by atoms with van der Waals surface area (Å²) in [6, 6.07) is 0.132. The zero-order valence-corrected chi connectivity index (χ0v) is 19.7. The van der Waals surface area contributed by atoms with Crippen LogP contribution in [0, 0.1) is 17.8 Å². The summed E-state index contributed by atoms with van der Waals surface area (Å²) < 4.78 is 11.8. The van der Waals surface area contributed by atoms with Gasteiger partial charge >= 0.3 is 0 Å². The van der Waals surface area contributed by atoms with E-state index in [1.807, 2.05) is 0 Å². The van der Waals surface area contributed by atoms with Gasteiger partial charge in [-0.1, -0.05) is 0 Å². The van der Waals surface area contributed by atoms with E-state index in [0.29, 0.717) is 41.6 Å². The van der Waals surface area contributed by atoms with Gasteiger partial charge in [-0.25, -0.2) is 9.97 Å². The standard InChI is InChI=1S/C25H36N4O4/c1-14-12-29(13-15(2)33-14)24-26-11-19(22(28-24)20-4-3-5-32-20)23(30)27-21-17-6-16-7-18(21)10-25(31,8-16)9-17/h11,14-18,20-21,31H,3-10,12-13H2,1-2H3,(H,27,30)/t14-,15+,16?,17?,18?,20?,21?,25?. The third-order valence-electron chi connectivity index (χ3n) is 8.53. The van der Waals surface area contributed by atoms with E-state index < -0.39 is 5.60 Å². The Balaban J connectivity index is 1.25. The van der Waals surface area contributed by atoms with E-state index in [1.54, 1.807) is 6.20 Å². The van der Waals surface area contributed by atoms with Crippen molar-refractivity contribution >= 4 is 11.9 Å². The molecule has 0 aromatic carbocycles. The normalized spacial score (nSPS) is 42.0. The van der Waals surface area contributed by atoms with Crippen molar-refractivity contribution in [1.82, 2.24) is 15.3 Å². The molecule has 7 rings (SSSR count). The predicted molar refractivity (Wildman–Crippen MR) is 122 cm³/mol. The number of ether oxygens (including phenoxy) is 2. The number of hydrogen-bond acceptors (Lipinski definition) is 7. The summed E-state index contributed by atoms with van der Waals surface area (Å²) in [5, 5.41) is 14.2. The van der Waals surface area contributed by atoms with Gasteiger partial charge in [0.1, 0.15) is 6.10 Å². The van der Waals surface area contributed by atoms with Crippen LogP contribution in [0.25, 0.3) is 0 Å². The van der Waals surface area contributed by atoms with Crippen molar-refractivity contribution in [3.05, 3.63) is 17.5 Å². The zero-order chi connectivity index (χ0) is 22.7. The van der Waals surface area contributed by atoms with Crippen LogP contribution in [0.1, 0.15) is 80.9 Å². The van der Waals surface area contributed by atoms with Gasteiger partial charge < -0.3 is 24.8 Å². The second-order valence-corrected chi connectivity index (χ2v) is 11.3. The highest BCUT2D eigenvalue weighted by molar-refractivity contribution is 5.95. The van der Waals surface area contributed by atoms with Crippen LogP contribution in [0.4, 0.5) is 5.95 Å². The summed E-state index contributed by atoms with van der Waals surface area (Å²) in [7, 11) is 0. The molecule has 8 nitrogen and oxygen atoms in total. The summed E-state index contributed by atoms with van der Waals surface area (Å²) in [5.74, 6) is 1.90. The Hall–Kier alpha value is -1.77. The highest BCUT2D eigenvalue weighted by Gasteiger charge is 2.55. The first kappa shape index (κ1) is 21.7. The lowest BCUT2D eigenvalue weighted by Gasteiger charge is -2.58. The van der Waals surface area contributed by atoms with Gasteiger partial charge in [-0.3, -0.25) is 4.79 Å². The Morgan fingerprint density at radius 1 is 1.18 bits per heavy atom. The van der Waals surface area contributed by atoms with Gasteiger partial charge in [-0.05, 0) is 76.5 Å². The Kier molecular flexibility index (Phi) is 5.38. The number of rotatable bonds is 4. The Morgan fingerprint density at radius 3 is 2.55 bits per heavy atom. The van der Waals surface area contributed by atoms with Crippen molar-refractivity contribution in [3.63, 3.8) is 0 Å². The molecule has 6 fully saturated rings. The molecular weight excluding hydrogens is 420 g/mol. The highest BCUT2D eigenvalue weighted by atomic mass is 16.5. The Bertz CT molecular complexity index is 894. The monoisotopic (exact) mass is 456 g/mol. The van der Waals surface area contributed by atoms with Gasteiger partial charge in [0.25, 0.3) is 5.91 Å². The lowest BCUT2D eigenvalue weighted by atomic mass is 9.52. The fraction of sp³-hybridized carbons (Fsp3) is 0.800. The van der Waals surface area contributed by atoms with Gasteiger partial charge in [0.2, 0.25) is 5.95 Å². The van der Waals surface area contributed by atoms with Crippen LogP contribution in [0.15, 0.2) is 6.20 Å². The van der Waals surface area contributed by atoms with Crippen LogP contribution in [-0.4, -0.2) is 64.5 Å². The molecule has 3 unspecified atom stereocenters. The number of anilines is 1. The molecule has 3 heterocycles. The Morgan fingerprint density at radius 2 is 1.91 bits per heavy atom. The summed E-state index contributed by atoms with van der Waals surface area (Å²) in [5.41, 5.74) is 0.745. The lowest BCUT2D eigenvalue weighted by Crippen LogP contribution is -2.61. The van der Waals surface area contributed by atoms with Crippen molar-refractivity contribution in [3.8, 4) is 0 Å². The molecular formula is C25H36N4O4. The number of nitrogens with one attached hydrogen (secondary N) is 1. The van der Waals surface area contributed by atoms with Crippen LogP contribution in [0.3, 0.4) is 0 Å². The third-order valence-corrected chi connectivity index (χ3v) is 8.53. The van der Waals surface area contributed by atoms with E-state index in [2.05, 4.69) is 29.0 Å². The van der Waals surface area contributed by atoms with Crippen LogP contribution in [0.5, 0.6) is 0 Å². The molecule has 4 bridgehead atoms. The average Bonchev–Trinajstić information content (AvgIpc) is 3.29. The minimum absolute atomic E-state index is 0.0970. The van der Waals surface area contributed by atoms with Crippen molar-refractivity contribution < 1.29 is 19.4 Å². The quantitative estimate of drug-likeness (QED) is 0.719. The molecule has 0 spiro atoms. The number of hydrogen-bond donors (Lipinski definition) is 2. The molecule has 1 aromatic heterocycles. The summed E-state index contributed by atoms with van der Waals surface area (Å²) in [6.07, 6.45) is 8.40. The first-order chi connectivity index (χ1) is 15.9. The maximum Gasteiger partial charge on any atom is 0.255 e. The number of aliphatic hydroxyl groups is 1. The van der Waals surface area contributed by atoms with Gasteiger partial charge in [-0.2, -0.15) is 0 Å². The largest absolute Gasteiger partial charge is 0.390 e. The minimum Gasteiger partial charge on any atom is -0.390 e. The van der Waals surface area contributed by atoms with Gasteiger partial charge in [0.15, 0.2) is 0 Å². The molecule has 5 atom stereocenters. The molecule has 4 aliphatic carbocycles. The molecule has 2 saturated heterocycles. The van der Waals surface area contributed by atoms with E-state index in [1.165, 1.54) is 0 Å². The SMILES string of the molecule is C[C@@H]1CN(c2ncc(C(=O)NC3C4CC5CC3CC(O)(C5)C4)c(C3CCCO3)n2)C[C@H](C)O1. The minimum atomic E-state index is -0.502. The molecule has 2 N–H and O–H groups in total. The fourth-order valence-corrected chi connectivity index (χ4v) is 7.54. The van der Waals surface area contributed by atoms with Gasteiger partial charge in [-0.15, -0.1) is 0 Å². The number of amides is 1. The number of morpholine rings is 1. The van der Waals surface area contributed by atoms with Crippen LogP contribution in [0.2, 0.25) is 0 Å². The lowest BCUT2D eigenvalue weighted by molar-refractivity contribution is -0.136. The molecule has 4 saturated carbocycles.